The van der Waals surface area contributed by atoms with Gasteiger partial charge in [-0.05, 0) is 37.1 Å². The number of amides is 2. The van der Waals surface area contributed by atoms with E-state index in [1.54, 1.807) is 0 Å². The van der Waals surface area contributed by atoms with Crippen LogP contribution in [-0.4, -0.2) is 42.4 Å². The molecule has 0 aromatic heterocycles. The number of rotatable bonds is 6. The standard InChI is InChI=1S/C18H18FNO5/c19-12-5-7-13(8-6-12)24-9-10-25-16(21)11-20-17(22)14-3-1-2-4-15(14)18(20)23/h1-2,5-8,14-15H,3-4,9-11H2/t14-,15+. The molecule has 132 valence electrons. The Hall–Kier alpha value is -2.70. The Balaban J connectivity index is 1.42. The smallest absolute Gasteiger partial charge is 0.326 e. The molecule has 3 rings (SSSR count). The number of nitrogens with zero attached hydrogens (tertiary/aromatic N) is 1. The van der Waals surface area contributed by atoms with Crippen LogP contribution in [0.2, 0.25) is 0 Å². The highest BCUT2D eigenvalue weighted by Gasteiger charge is 2.47. The summed E-state index contributed by atoms with van der Waals surface area (Å²) in [6.07, 6.45) is 4.85. The number of likely N-dealkylation sites (tertiary alicyclic amines) is 1. The first-order chi connectivity index (χ1) is 12.1. The second-order valence-corrected chi connectivity index (χ2v) is 5.94. The topological polar surface area (TPSA) is 72.9 Å². The average molecular weight is 347 g/mol. The van der Waals surface area contributed by atoms with Crippen molar-refractivity contribution in [2.75, 3.05) is 19.8 Å². The minimum Gasteiger partial charge on any atom is -0.490 e. The van der Waals surface area contributed by atoms with Crippen LogP contribution in [0.5, 0.6) is 5.75 Å². The van der Waals surface area contributed by atoms with Crippen molar-refractivity contribution >= 4 is 17.8 Å². The molecule has 1 aliphatic carbocycles. The molecule has 0 saturated carbocycles. The van der Waals surface area contributed by atoms with Crippen LogP contribution in [-0.2, 0) is 19.1 Å². The van der Waals surface area contributed by atoms with Crippen LogP contribution >= 0.6 is 0 Å². The molecule has 0 N–H and O–H groups in total. The molecular formula is C18H18FNO5. The van der Waals surface area contributed by atoms with Crippen molar-refractivity contribution in [2.24, 2.45) is 11.8 Å². The maximum atomic E-state index is 12.8. The van der Waals surface area contributed by atoms with Crippen LogP contribution in [0.4, 0.5) is 4.39 Å². The third-order valence-electron chi connectivity index (χ3n) is 4.31. The van der Waals surface area contributed by atoms with E-state index >= 15 is 0 Å². The van der Waals surface area contributed by atoms with Gasteiger partial charge in [0.15, 0.2) is 0 Å². The number of esters is 1. The number of ether oxygens (including phenoxy) is 2. The molecular weight excluding hydrogens is 329 g/mol. The highest BCUT2D eigenvalue weighted by molar-refractivity contribution is 6.07. The number of imide groups is 1. The fraction of sp³-hybridized carbons (Fsp3) is 0.389. The Morgan fingerprint density at radius 3 is 2.24 bits per heavy atom. The first-order valence-corrected chi connectivity index (χ1v) is 8.10. The Morgan fingerprint density at radius 2 is 1.64 bits per heavy atom. The van der Waals surface area contributed by atoms with Crippen molar-refractivity contribution in [3.05, 3.63) is 42.2 Å². The number of fused-ring (bicyclic) bond motifs is 1. The van der Waals surface area contributed by atoms with Crippen LogP contribution < -0.4 is 4.74 Å². The van der Waals surface area contributed by atoms with Crippen LogP contribution in [0.15, 0.2) is 36.4 Å². The molecule has 1 saturated heterocycles. The van der Waals surface area contributed by atoms with Crippen molar-refractivity contribution in [3.8, 4) is 5.75 Å². The summed E-state index contributed by atoms with van der Waals surface area (Å²) < 4.78 is 23.1. The predicted octanol–water partition coefficient (Wildman–Crippen LogP) is 1.70. The Morgan fingerprint density at radius 1 is 1.04 bits per heavy atom. The van der Waals surface area contributed by atoms with Crippen molar-refractivity contribution in [1.29, 1.82) is 0 Å². The molecule has 25 heavy (non-hydrogen) atoms. The van der Waals surface area contributed by atoms with Gasteiger partial charge in [-0.1, -0.05) is 12.2 Å². The Labute approximate surface area is 144 Å². The number of hydrogen-bond donors (Lipinski definition) is 0. The molecule has 0 spiro atoms. The lowest BCUT2D eigenvalue weighted by Gasteiger charge is -2.14. The van der Waals surface area contributed by atoms with Crippen molar-refractivity contribution in [2.45, 2.75) is 12.8 Å². The van der Waals surface area contributed by atoms with Gasteiger partial charge in [0.2, 0.25) is 11.8 Å². The van der Waals surface area contributed by atoms with Crippen molar-refractivity contribution in [1.82, 2.24) is 4.90 Å². The maximum Gasteiger partial charge on any atom is 0.326 e. The zero-order valence-electron chi connectivity index (χ0n) is 13.5. The highest BCUT2D eigenvalue weighted by Crippen LogP contribution is 2.34. The molecule has 0 unspecified atom stereocenters. The zero-order valence-corrected chi connectivity index (χ0v) is 13.5. The number of allylic oxidation sites excluding steroid dienone is 2. The van der Waals surface area contributed by atoms with Gasteiger partial charge in [-0.15, -0.1) is 0 Å². The lowest BCUT2D eigenvalue weighted by Crippen LogP contribution is -2.37. The van der Waals surface area contributed by atoms with Crippen LogP contribution in [0, 0.1) is 17.7 Å². The van der Waals surface area contributed by atoms with E-state index in [0.29, 0.717) is 18.6 Å². The van der Waals surface area contributed by atoms with E-state index in [1.807, 2.05) is 12.2 Å². The zero-order chi connectivity index (χ0) is 17.8. The van der Waals surface area contributed by atoms with E-state index in [0.717, 1.165) is 4.90 Å². The second-order valence-electron chi connectivity index (χ2n) is 5.94. The van der Waals surface area contributed by atoms with Gasteiger partial charge in [-0.3, -0.25) is 19.3 Å². The largest absolute Gasteiger partial charge is 0.490 e. The maximum absolute atomic E-state index is 12.8. The minimum atomic E-state index is -0.656. The van der Waals surface area contributed by atoms with Gasteiger partial charge >= 0.3 is 5.97 Å². The first-order valence-electron chi connectivity index (χ1n) is 8.10. The van der Waals surface area contributed by atoms with E-state index in [2.05, 4.69) is 0 Å². The van der Waals surface area contributed by atoms with Gasteiger partial charge in [-0.2, -0.15) is 0 Å². The predicted molar refractivity (Wildman–Crippen MR) is 84.9 cm³/mol. The summed E-state index contributed by atoms with van der Waals surface area (Å²) in [5.74, 6) is -1.89. The molecule has 0 radical (unpaired) electrons. The monoisotopic (exact) mass is 347 g/mol. The first kappa shape index (κ1) is 17.1. The minimum absolute atomic E-state index is 0.0269. The lowest BCUT2D eigenvalue weighted by molar-refractivity contribution is -0.153. The molecule has 7 heteroatoms. The summed E-state index contributed by atoms with van der Waals surface area (Å²) in [4.78, 5) is 37.3. The quantitative estimate of drug-likeness (QED) is 0.339. The molecule has 2 amide bonds. The van der Waals surface area contributed by atoms with E-state index in [-0.39, 0.29) is 49.2 Å². The SMILES string of the molecule is O=C(CN1C(=O)[C@H]2CC=CC[C@H]2C1=O)OCCOc1ccc(F)cc1. The van der Waals surface area contributed by atoms with Gasteiger partial charge in [0.25, 0.3) is 0 Å². The van der Waals surface area contributed by atoms with Crippen LogP contribution in [0.3, 0.4) is 0 Å². The third-order valence-corrected chi connectivity index (χ3v) is 4.31. The van der Waals surface area contributed by atoms with Crippen LogP contribution in [0.1, 0.15) is 12.8 Å². The molecule has 1 aromatic carbocycles. The van der Waals surface area contributed by atoms with Crippen LogP contribution in [0.25, 0.3) is 0 Å². The molecule has 1 aliphatic heterocycles. The molecule has 6 nitrogen and oxygen atoms in total. The molecule has 1 fully saturated rings. The normalized spacial score (nSPS) is 22.0. The number of hydrogen-bond acceptors (Lipinski definition) is 5. The molecule has 2 aliphatic rings. The van der Waals surface area contributed by atoms with Gasteiger partial charge in [0.05, 0.1) is 11.8 Å². The molecule has 1 heterocycles. The summed E-state index contributed by atoms with van der Waals surface area (Å²) >= 11 is 0. The summed E-state index contributed by atoms with van der Waals surface area (Å²) in [6, 6.07) is 5.46. The van der Waals surface area contributed by atoms with E-state index in [9.17, 15) is 18.8 Å². The molecule has 0 bridgehead atoms. The van der Waals surface area contributed by atoms with Crippen molar-refractivity contribution < 1.29 is 28.2 Å². The molecule has 2 atom stereocenters. The number of carbonyl (C=O) groups excluding carboxylic acids is 3. The summed E-state index contributed by atoms with van der Waals surface area (Å²) in [5.41, 5.74) is 0. The van der Waals surface area contributed by atoms with E-state index in [1.165, 1.54) is 24.3 Å². The van der Waals surface area contributed by atoms with E-state index in [4.69, 9.17) is 9.47 Å². The number of carbonyl (C=O) groups is 3. The van der Waals surface area contributed by atoms with Gasteiger partial charge < -0.3 is 9.47 Å². The highest BCUT2D eigenvalue weighted by atomic mass is 19.1. The summed E-state index contributed by atoms with van der Waals surface area (Å²) in [5, 5.41) is 0. The second kappa shape index (κ2) is 7.46. The third kappa shape index (κ3) is 3.87. The lowest BCUT2D eigenvalue weighted by atomic mass is 9.85. The molecule has 1 aromatic rings. The summed E-state index contributed by atoms with van der Waals surface area (Å²) in [6.45, 7) is -0.309. The van der Waals surface area contributed by atoms with Gasteiger partial charge in [0.1, 0.15) is 31.3 Å². The average Bonchev–Trinajstić information content (AvgIpc) is 2.86. The fourth-order valence-corrected chi connectivity index (χ4v) is 3.05. The Kier molecular flexibility index (Phi) is 5.11. The van der Waals surface area contributed by atoms with Gasteiger partial charge in [0, 0.05) is 0 Å². The summed E-state index contributed by atoms with van der Waals surface area (Å²) in [7, 11) is 0. The van der Waals surface area contributed by atoms with Crippen molar-refractivity contribution in [3.63, 3.8) is 0 Å². The number of halogens is 1. The fourth-order valence-electron chi connectivity index (χ4n) is 3.05. The number of benzene rings is 1. The van der Waals surface area contributed by atoms with E-state index < -0.39 is 5.97 Å². The van der Waals surface area contributed by atoms with Gasteiger partial charge in [-0.25, -0.2) is 4.39 Å². The Bertz CT molecular complexity index is 674.